The zero-order valence-electron chi connectivity index (χ0n) is 13.2. The molecule has 5 nitrogen and oxygen atoms in total. The second-order valence-corrected chi connectivity index (χ2v) is 5.50. The minimum atomic E-state index is -4.36. The van der Waals surface area contributed by atoms with Crippen molar-refractivity contribution in [1.29, 1.82) is 0 Å². The third kappa shape index (κ3) is 7.34. The third-order valence-electron chi connectivity index (χ3n) is 3.56. The Morgan fingerprint density at radius 1 is 1.21 bits per heavy atom. The molecule has 8 heteroatoms. The quantitative estimate of drug-likeness (QED) is 0.753. The molecule has 1 rings (SSSR count). The molecule has 0 aliphatic carbocycles. The number of alkyl halides is 3. The molecular formula is C16H20F3NO4. The van der Waals surface area contributed by atoms with E-state index in [1.807, 2.05) is 6.07 Å². The summed E-state index contributed by atoms with van der Waals surface area (Å²) in [5.74, 6) is -3.95. The molecular weight excluding hydrogens is 327 g/mol. The van der Waals surface area contributed by atoms with Crippen LogP contribution < -0.4 is 5.32 Å². The van der Waals surface area contributed by atoms with E-state index in [9.17, 15) is 22.8 Å². The Hall–Kier alpha value is -2.25. The molecule has 2 atom stereocenters. The van der Waals surface area contributed by atoms with E-state index in [0.717, 1.165) is 12.5 Å². The van der Waals surface area contributed by atoms with Gasteiger partial charge in [-0.15, -0.1) is 0 Å². The van der Waals surface area contributed by atoms with Crippen molar-refractivity contribution < 1.29 is 32.6 Å². The van der Waals surface area contributed by atoms with Gasteiger partial charge in [-0.25, -0.2) is 4.79 Å². The molecule has 0 unspecified atom stereocenters. The van der Waals surface area contributed by atoms with Crippen molar-refractivity contribution in [2.75, 3.05) is 6.54 Å². The minimum Gasteiger partial charge on any atom is -0.481 e. The van der Waals surface area contributed by atoms with E-state index in [-0.39, 0.29) is 26.0 Å². The largest absolute Gasteiger partial charge is 0.481 e. The molecule has 0 aliphatic heterocycles. The number of amides is 1. The fourth-order valence-corrected chi connectivity index (χ4v) is 1.91. The summed E-state index contributed by atoms with van der Waals surface area (Å²) in [4.78, 5) is 22.6. The number of carboxylic acid groups (broad SMARTS) is 1. The third-order valence-corrected chi connectivity index (χ3v) is 3.56. The molecule has 24 heavy (non-hydrogen) atoms. The number of halogens is 3. The van der Waals surface area contributed by atoms with E-state index < -0.39 is 30.1 Å². The minimum absolute atomic E-state index is 0.0233. The molecule has 2 N–H and O–H groups in total. The van der Waals surface area contributed by atoms with Crippen LogP contribution in [0.5, 0.6) is 0 Å². The zero-order valence-corrected chi connectivity index (χ0v) is 13.2. The normalized spacial score (nSPS) is 13.8. The van der Waals surface area contributed by atoms with Gasteiger partial charge < -0.3 is 15.2 Å². The van der Waals surface area contributed by atoms with Gasteiger partial charge in [-0.1, -0.05) is 37.3 Å². The topological polar surface area (TPSA) is 75.6 Å². The molecule has 0 aromatic heterocycles. The molecule has 1 aromatic carbocycles. The number of hydrogen-bond donors (Lipinski definition) is 2. The summed E-state index contributed by atoms with van der Waals surface area (Å²) in [6.07, 6.45) is -5.67. The number of carboxylic acids is 1. The lowest BCUT2D eigenvalue weighted by Gasteiger charge is -2.18. The molecule has 134 valence electrons. The highest BCUT2D eigenvalue weighted by molar-refractivity contribution is 5.72. The maximum absolute atomic E-state index is 12.4. The van der Waals surface area contributed by atoms with Gasteiger partial charge in [0.1, 0.15) is 6.61 Å². The van der Waals surface area contributed by atoms with Crippen molar-refractivity contribution in [3.63, 3.8) is 0 Å². The number of hydrogen-bond acceptors (Lipinski definition) is 3. The van der Waals surface area contributed by atoms with Crippen molar-refractivity contribution in [2.24, 2.45) is 11.8 Å². The highest BCUT2D eigenvalue weighted by Crippen LogP contribution is 2.30. The summed E-state index contributed by atoms with van der Waals surface area (Å²) < 4.78 is 42.2. The molecule has 1 amide bonds. The fourth-order valence-electron chi connectivity index (χ4n) is 1.91. The molecule has 0 aliphatic rings. The van der Waals surface area contributed by atoms with E-state index >= 15 is 0 Å². The second kappa shape index (κ2) is 9.14. The van der Waals surface area contributed by atoms with Crippen LogP contribution in [0.25, 0.3) is 0 Å². The van der Waals surface area contributed by atoms with Crippen LogP contribution in [0.1, 0.15) is 25.3 Å². The molecule has 0 bridgehead atoms. The monoisotopic (exact) mass is 347 g/mol. The summed E-state index contributed by atoms with van der Waals surface area (Å²) in [6.45, 7) is 0.740. The standard InChI is InChI=1S/C16H20F3NO4/c1-11(16(17,18)19)7-8-13(14(21)22)9-20-15(23)24-10-12-5-3-2-4-6-12/h2-6,11,13H,7-10H2,1H3,(H,20,23)(H,21,22)/t11-,13-/m1/s1. The van der Waals surface area contributed by atoms with Gasteiger partial charge in [0, 0.05) is 6.54 Å². The highest BCUT2D eigenvalue weighted by atomic mass is 19.4. The maximum atomic E-state index is 12.4. The van der Waals surface area contributed by atoms with Gasteiger partial charge in [0.2, 0.25) is 0 Å². The predicted octanol–water partition coefficient (Wildman–Crippen LogP) is 3.59. The molecule has 0 saturated carbocycles. The Morgan fingerprint density at radius 2 is 1.83 bits per heavy atom. The van der Waals surface area contributed by atoms with Crippen LogP contribution in [0.2, 0.25) is 0 Å². The van der Waals surface area contributed by atoms with Gasteiger partial charge in [0.25, 0.3) is 0 Å². The zero-order chi connectivity index (χ0) is 18.2. The molecule has 0 spiro atoms. The first kappa shape index (κ1) is 19.8. The molecule has 1 aromatic rings. The number of aliphatic carboxylic acids is 1. The smallest absolute Gasteiger partial charge is 0.407 e. The average Bonchev–Trinajstić information content (AvgIpc) is 2.52. The van der Waals surface area contributed by atoms with E-state index in [1.165, 1.54) is 0 Å². The summed E-state index contributed by atoms with van der Waals surface area (Å²) >= 11 is 0. The Kier molecular flexibility index (Phi) is 7.54. The van der Waals surface area contributed by atoms with Gasteiger partial charge in [-0.2, -0.15) is 13.2 Å². The first-order chi connectivity index (χ1) is 11.2. The first-order valence-electron chi connectivity index (χ1n) is 7.44. The number of ether oxygens (including phenoxy) is 1. The van der Waals surface area contributed by atoms with Gasteiger partial charge in [0.15, 0.2) is 0 Å². The summed E-state index contributed by atoms with van der Waals surface area (Å²) in [5, 5.41) is 11.3. The number of alkyl carbamates (subject to hydrolysis) is 1. The predicted molar refractivity (Wildman–Crippen MR) is 80.2 cm³/mol. The lowest BCUT2D eigenvalue weighted by Crippen LogP contribution is -2.34. The Bertz CT molecular complexity index is 534. The van der Waals surface area contributed by atoms with Gasteiger partial charge in [-0.05, 0) is 18.4 Å². The van der Waals surface area contributed by atoms with E-state index in [0.29, 0.717) is 0 Å². The van der Waals surface area contributed by atoms with Gasteiger partial charge in [-0.3, -0.25) is 4.79 Å². The van der Waals surface area contributed by atoms with Crippen molar-refractivity contribution in [3.05, 3.63) is 35.9 Å². The SMILES string of the molecule is C[C@H](CC[C@H](CNC(=O)OCc1ccccc1)C(=O)O)C(F)(F)F. The molecule has 0 radical (unpaired) electrons. The Labute approximate surface area is 137 Å². The molecule has 0 heterocycles. The highest BCUT2D eigenvalue weighted by Gasteiger charge is 2.36. The van der Waals surface area contributed by atoms with Crippen molar-refractivity contribution in [3.8, 4) is 0 Å². The van der Waals surface area contributed by atoms with Gasteiger partial charge >= 0.3 is 18.2 Å². The van der Waals surface area contributed by atoms with Crippen LogP contribution >= 0.6 is 0 Å². The van der Waals surface area contributed by atoms with Gasteiger partial charge in [0.05, 0.1) is 11.8 Å². The number of carbonyl (C=O) groups is 2. The maximum Gasteiger partial charge on any atom is 0.407 e. The molecule has 0 fully saturated rings. The van der Waals surface area contributed by atoms with E-state index in [2.05, 4.69) is 5.32 Å². The number of benzene rings is 1. The van der Waals surface area contributed by atoms with Crippen molar-refractivity contribution >= 4 is 12.1 Å². The lowest BCUT2D eigenvalue weighted by molar-refractivity contribution is -0.172. The molecule has 0 saturated heterocycles. The average molecular weight is 347 g/mol. The van der Waals surface area contributed by atoms with Crippen molar-refractivity contribution in [1.82, 2.24) is 5.32 Å². The van der Waals surface area contributed by atoms with E-state index in [4.69, 9.17) is 9.84 Å². The van der Waals surface area contributed by atoms with Crippen LogP contribution in [0.3, 0.4) is 0 Å². The summed E-state index contributed by atoms with van der Waals surface area (Å²) in [7, 11) is 0. The Balaban J connectivity index is 2.37. The van der Waals surface area contributed by atoms with E-state index in [1.54, 1.807) is 24.3 Å². The number of rotatable bonds is 8. The number of nitrogens with one attached hydrogen (secondary N) is 1. The summed E-state index contributed by atoms with van der Waals surface area (Å²) in [5.41, 5.74) is 0.765. The Morgan fingerprint density at radius 3 is 2.38 bits per heavy atom. The lowest BCUT2D eigenvalue weighted by atomic mass is 9.96. The van der Waals surface area contributed by atoms with Crippen LogP contribution in [-0.2, 0) is 16.1 Å². The number of carbonyl (C=O) groups excluding carboxylic acids is 1. The van der Waals surface area contributed by atoms with Crippen molar-refractivity contribution in [2.45, 2.75) is 32.5 Å². The second-order valence-electron chi connectivity index (χ2n) is 5.50. The van der Waals surface area contributed by atoms with Crippen LogP contribution in [0.4, 0.5) is 18.0 Å². The van der Waals surface area contributed by atoms with Crippen LogP contribution in [-0.4, -0.2) is 29.9 Å². The van der Waals surface area contributed by atoms with Crippen LogP contribution in [0, 0.1) is 11.8 Å². The summed E-state index contributed by atoms with van der Waals surface area (Å²) in [6, 6.07) is 8.87. The van der Waals surface area contributed by atoms with Crippen LogP contribution in [0.15, 0.2) is 30.3 Å². The fraction of sp³-hybridized carbons (Fsp3) is 0.500. The first-order valence-corrected chi connectivity index (χ1v) is 7.44.